The van der Waals surface area contributed by atoms with E-state index in [0.717, 1.165) is 28.1 Å². The molecule has 1 atom stereocenters. The third kappa shape index (κ3) is 2.97. The molecule has 1 aromatic heterocycles. The average Bonchev–Trinajstić information content (AvgIpc) is 3.11. The highest BCUT2D eigenvalue weighted by Crippen LogP contribution is 2.44. The predicted octanol–water partition coefficient (Wildman–Crippen LogP) is 3.24. The lowest BCUT2D eigenvalue weighted by atomic mass is 9.85. The van der Waals surface area contributed by atoms with E-state index >= 15 is 0 Å². The van der Waals surface area contributed by atoms with E-state index in [9.17, 15) is 9.90 Å². The van der Waals surface area contributed by atoms with Crippen molar-refractivity contribution in [3.05, 3.63) is 53.6 Å². The van der Waals surface area contributed by atoms with E-state index in [2.05, 4.69) is 10.2 Å². The zero-order valence-corrected chi connectivity index (χ0v) is 14.9. The van der Waals surface area contributed by atoms with Crippen molar-refractivity contribution in [3.63, 3.8) is 0 Å². The van der Waals surface area contributed by atoms with E-state index < -0.39 is 0 Å². The van der Waals surface area contributed by atoms with Crippen molar-refractivity contribution in [3.8, 4) is 34.4 Å². The van der Waals surface area contributed by atoms with Gasteiger partial charge in [0, 0.05) is 11.5 Å². The van der Waals surface area contributed by atoms with E-state index in [4.69, 9.17) is 14.2 Å². The smallest absolute Gasteiger partial charge is 0.313 e. The summed E-state index contributed by atoms with van der Waals surface area (Å²) in [4.78, 5) is 12.1. The zero-order valence-electron chi connectivity index (χ0n) is 14.9. The van der Waals surface area contributed by atoms with Crippen LogP contribution in [0.1, 0.15) is 23.5 Å². The molecule has 1 aliphatic rings. The van der Waals surface area contributed by atoms with Crippen LogP contribution in [0.2, 0.25) is 0 Å². The van der Waals surface area contributed by atoms with E-state index in [0.29, 0.717) is 5.75 Å². The molecule has 0 unspecified atom stereocenters. The number of hydrogen-bond acceptors (Lipinski definition) is 6. The summed E-state index contributed by atoms with van der Waals surface area (Å²) in [5.74, 6) is 0.788. The molecule has 0 fully saturated rings. The number of rotatable bonds is 4. The zero-order chi connectivity index (χ0) is 19.0. The van der Waals surface area contributed by atoms with Crippen LogP contribution in [0.15, 0.2) is 42.5 Å². The lowest BCUT2D eigenvalue weighted by molar-refractivity contribution is -0.135. The fourth-order valence-electron chi connectivity index (χ4n) is 3.33. The quantitative estimate of drug-likeness (QED) is 0.689. The van der Waals surface area contributed by atoms with Gasteiger partial charge in [-0.25, -0.2) is 0 Å². The van der Waals surface area contributed by atoms with Gasteiger partial charge < -0.3 is 19.3 Å². The number of aromatic amines is 1. The second-order valence-corrected chi connectivity index (χ2v) is 6.21. The Morgan fingerprint density at radius 2 is 1.93 bits per heavy atom. The van der Waals surface area contributed by atoms with Gasteiger partial charge in [-0.3, -0.25) is 9.89 Å². The van der Waals surface area contributed by atoms with Gasteiger partial charge in [0.25, 0.3) is 0 Å². The van der Waals surface area contributed by atoms with Crippen LogP contribution in [0.25, 0.3) is 11.3 Å². The van der Waals surface area contributed by atoms with E-state index in [1.165, 1.54) is 7.11 Å². The summed E-state index contributed by atoms with van der Waals surface area (Å²) in [6.45, 7) is 0. The van der Waals surface area contributed by atoms with Crippen LogP contribution in [-0.4, -0.2) is 35.5 Å². The number of carbonyl (C=O) groups is 1. The molecule has 0 radical (unpaired) electrons. The van der Waals surface area contributed by atoms with Gasteiger partial charge in [0.2, 0.25) is 5.88 Å². The number of carbonyl (C=O) groups excluding carboxylic acids is 1. The molecule has 0 aliphatic carbocycles. The maximum atomic E-state index is 12.1. The largest absolute Gasteiger partial charge is 0.504 e. The number of H-pyrrole nitrogens is 1. The van der Waals surface area contributed by atoms with Crippen LogP contribution in [0.4, 0.5) is 0 Å². The van der Waals surface area contributed by atoms with Crippen LogP contribution >= 0.6 is 0 Å². The number of esters is 1. The Morgan fingerprint density at radius 1 is 1.15 bits per heavy atom. The molecule has 1 aliphatic heterocycles. The average molecular weight is 366 g/mol. The first-order chi connectivity index (χ1) is 13.1. The highest BCUT2D eigenvalue weighted by atomic mass is 16.5. The number of phenols is 1. The molecule has 2 N–H and O–H groups in total. The fraction of sp³-hybridized carbons (Fsp3) is 0.200. The van der Waals surface area contributed by atoms with Crippen molar-refractivity contribution in [2.75, 3.05) is 14.2 Å². The van der Waals surface area contributed by atoms with E-state index in [1.54, 1.807) is 25.3 Å². The number of fused-ring (bicyclic) bond motifs is 1. The second kappa shape index (κ2) is 6.68. The first kappa shape index (κ1) is 17.0. The van der Waals surface area contributed by atoms with Crippen molar-refractivity contribution in [2.24, 2.45) is 0 Å². The lowest BCUT2D eigenvalue weighted by Crippen LogP contribution is -2.20. The number of aromatic nitrogens is 2. The Morgan fingerprint density at radius 3 is 2.63 bits per heavy atom. The molecule has 2 aromatic carbocycles. The SMILES string of the molecule is COc1ccc(-c2[nH]nc3c2[C@@H](c2ccc(O)c(OC)c2)CC(=O)O3)cc1. The molecule has 0 spiro atoms. The van der Waals surface area contributed by atoms with Gasteiger partial charge in [0.15, 0.2) is 11.5 Å². The van der Waals surface area contributed by atoms with Crippen LogP contribution in [0, 0.1) is 0 Å². The summed E-state index contributed by atoms with van der Waals surface area (Å²) in [5, 5.41) is 17.0. The molecule has 4 rings (SSSR count). The maximum Gasteiger partial charge on any atom is 0.313 e. The van der Waals surface area contributed by atoms with Gasteiger partial charge in [-0.15, -0.1) is 5.10 Å². The number of phenolic OH excluding ortho intramolecular Hbond substituents is 1. The first-order valence-electron chi connectivity index (χ1n) is 8.41. The molecule has 0 saturated heterocycles. The fourth-order valence-corrected chi connectivity index (χ4v) is 3.33. The highest BCUT2D eigenvalue weighted by molar-refractivity contribution is 5.80. The normalized spacial score (nSPS) is 15.8. The summed E-state index contributed by atoms with van der Waals surface area (Å²) >= 11 is 0. The van der Waals surface area contributed by atoms with Gasteiger partial charge in [-0.05, 0) is 42.0 Å². The number of nitrogens with zero attached hydrogens (tertiary/aromatic N) is 1. The Kier molecular flexibility index (Phi) is 4.19. The Labute approximate surface area is 155 Å². The van der Waals surface area contributed by atoms with Crippen molar-refractivity contribution in [2.45, 2.75) is 12.3 Å². The number of nitrogens with one attached hydrogen (secondary N) is 1. The van der Waals surface area contributed by atoms with E-state index in [-0.39, 0.29) is 29.9 Å². The molecule has 0 bridgehead atoms. The molecular weight excluding hydrogens is 348 g/mol. The topological polar surface area (TPSA) is 93.7 Å². The Balaban J connectivity index is 1.82. The number of benzene rings is 2. The van der Waals surface area contributed by atoms with Gasteiger partial charge in [0.05, 0.1) is 31.9 Å². The maximum absolute atomic E-state index is 12.1. The number of methoxy groups -OCH3 is 2. The summed E-state index contributed by atoms with van der Waals surface area (Å²) < 4.78 is 15.7. The minimum atomic E-state index is -0.354. The third-order valence-corrected chi connectivity index (χ3v) is 4.68. The molecule has 3 aromatic rings. The van der Waals surface area contributed by atoms with Crippen LogP contribution < -0.4 is 14.2 Å². The second-order valence-electron chi connectivity index (χ2n) is 6.21. The number of aromatic hydroxyl groups is 1. The van der Waals surface area contributed by atoms with Crippen LogP contribution in [0.5, 0.6) is 23.1 Å². The van der Waals surface area contributed by atoms with Gasteiger partial charge in [-0.2, -0.15) is 0 Å². The van der Waals surface area contributed by atoms with Crippen LogP contribution in [0.3, 0.4) is 0 Å². The van der Waals surface area contributed by atoms with Crippen molar-refractivity contribution in [1.82, 2.24) is 10.2 Å². The Bertz CT molecular complexity index is 994. The van der Waals surface area contributed by atoms with E-state index in [1.807, 2.05) is 24.3 Å². The van der Waals surface area contributed by atoms with Crippen molar-refractivity contribution < 1.29 is 24.1 Å². The third-order valence-electron chi connectivity index (χ3n) is 4.68. The van der Waals surface area contributed by atoms with Crippen LogP contribution in [-0.2, 0) is 4.79 Å². The van der Waals surface area contributed by atoms with Crippen molar-refractivity contribution >= 4 is 5.97 Å². The number of hydrogen-bond donors (Lipinski definition) is 2. The highest BCUT2D eigenvalue weighted by Gasteiger charge is 2.34. The monoisotopic (exact) mass is 366 g/mol. The standard InChI is InChI=1S/C20H18N2O5/c1-25-13-6-3-11(4-7-13)19-18-14(10-17(24)27-20(18)22-21-19)12-5-8-15(23)16(9-12)26-2/h3-9,14,23H,10H2,1-2H3,(H,21,22)/t14-/m1/s1. The molecule has 7 nitrogen and oxygen atoms in total. The molecule has 7 heteroatoms. The van der Waals surface area contributed by atoms with Crippen molar-refractivity contribution in [1.29, 1.82) is 0 Å². The lowest BCUT2D eigenvalue weighted by Gasteiger charge is -2.23. The molecular formula is C20H18N2O5. The Hall–Kier alpha value is -3.48. The predicted molar refractivity (Wildman–Crippen MR) is 97.3 cm³/mol. The molecule has 27 heavy (non-hydrogen) atoms. The summed E-state index contributed by atoms with van der Waals surface area (Å²) in [6, 6.07) is 12.6. The number of ether oxygens (including phenoxy) is 3. The van der Waals surface area contributed by atoms with Gasteiger partial charge >= 0.3 is 5.97 Å². The summed E-state index contributed by atoms with van der Waals surface area (Å²) in [5.41, 5.74) is 3.31. The van der Waals surface area contributed by atoms with Gasteiger partial charge in [0.1, 0.15) is 5.75 Å². The minimum absolute atomic E-state index is 0.0439. The minimum Gasteiger partial charge on any atom is -0.504 e. The summed E-state index contributed by atoms with van der Waals surface area (Å²) in [7, 11) is 3.10. The summed E-state index contributed by atoms with van der Waals surface area (Å²) in [6.07, 6.45) is 0.170. The van der Waals surface area contributed by atoms with Gasteiger partial charge in [-0.1, -0.05) is 6.07 Å². The molecule has 0 saturated carbocycles. The molecule has 0 amide bonds. The molecule has 138 valence electrons. The first-order valence-corrected chi connectivity index (χ1v) is 8.41. The molecule has 2 heterocycles.